The molecule has 0 spiro atoms. The summed E-state index contributed by atoms with van der Waals surface area (Å²) in [4.78, 5) is 37.4. The molecule has 2 aliphatic rings. The van der Waals surface area contributed by atoms with E-state index in [1.807, 2.05) is 23.1 Å². The Hall–Kier alpha value is -3.16. The molecule has 1 saturated heterocycles. The Bertz CT molecular complexity index is 934. The van der Waals surface area contributed by atoms with E-state index in [1.165, 1.54) is 11.9 Å². The fourth-order valence-corrected chi connectivity index (χ4v) is 4.35. The molecule has 1 fully saturated rings. The number of esters is 1. The third kappa shape index (κ3) is 4.08. The number of para-hydroxylation sites is 1. The average molecular weight is 409 g/mol. The van der Waals surface area contributed by atoms with Crippen LogP contribution in [0.1, 0.15) is 36.3 Å². The van der Waals surface area contributed by atoms with E-state index in [0.717, 1.165) is 31.6 Å². The number of rotatable bonds is 4. The molecular formula is C22H27N5O3. The van der Waals surface area contributed by atoms with E-state index in [9.17, 15) is 9.59 Å². The molecule has 1 N–H and O–H groups in total. The summed E-state index contributed by atoms with van der Waals surface area (Å²) >= 11 is 0. The molecule has 0 bridgehead atoms. The third-order valence-corrected chi connectivity index (χ3v) is 5.86. The number of nitrogens with one attached hydrogen (secondary N) is 1. The lowest BCUT2D eigenvalue weighted by Crippen LogP contribution is -2.53. The van der Waals surface area contributed by atoms with E-state index in [-0.39, 0.29) is 23.7 Å². The molecule has 0 radical (unpaired) electrons. The summed E-state index contributed by atoms with van der Waals surface area (Å²) in [5.74, 6) is 0.530. The molecular weight excluding hydrogens is 382 g/mol. The molecule has 8 nitrogen and oxygen atoms in total. The van der Waals surface area contributed by atoms with Crippen LogP contribution in [0.4, 0.5) is 16.3 Å². The van der Waals surface area contributed by atoms with Crippen molar-refractivity contribution in [3.8, 4) is 0 Å². The highest BCUT2D eigenvalue weighted by Crippen LogP contribution is 2.28. The fourth-order valence-electron chi connectivity index (χ4n) is 4.35. The Morgan fingerprint density at radius 3 is 2.90 bits per heavy atom. The maximum absolute atomic E-state index is 12.9. The first-order chi connectivity index (χ1) is 14.6. The van der Waals surface area contributed by atoms with Crippen molar-refractivity contribution in [3.63, 3.8) is 0 Å². The highest BCUT2D eigenvalue weighted by molar-refractivity contribution is 5.91. The summed E-state index contributed by atoms with van der Waals surface area (Å²) < 4.78 is 5.04. The zero-order chi connectivity index (χ0) is 21.1. The van der Waals surface area contributed by atoms with Crippen LogP contribution in [0.3, 0.4) is 0 Å². The number of urea groups is 1. The van der Waals surface area contributed by atoms with E-state index in [4.69, 9.17) is 4.74 Å². The molecule has 0 saturated carbocycles. The van der Waals surface area contributed by atoms with Crippen LogP contribution in [0.2, 0.25) is 0 Å². The second-order valence-corrected chi connectivity index (χ2v) is 7.79. The van der Waals surface area contributed by atoms with Crippen LogP contribution in [0, 0.1) is 5.92 Å². The van der Waals surface area contributed by atoms with Gasteiger partial charge in [-0.3, -0.25) is 0 Å². The summed E-state index contributed by atoms with van der Waals surface area (Å²) in [5.41, 5.74) is 2.34. The monoisotopic (exact) mass is 409 g/mol. The summed E-state index contributed by atoms with van der Waals surface area (Å²) in [6.45, 7) is 6.45. The predicted octanol–water partition coefficient (Wildman–Crippen LogP) is 2.96. The van der Waals surface area contributed by atoms with Crippen LogP contribution in [0.15, 0.2) is 36.7 Å². The minimum absolute atomic E-state index is 0.0307. The third-order valence-electron chi connectivity index (χ3n) is 5.86. The molecule has 158 valence electrons. The molecule has 2 atom stereocenters. The van der Waals surface area contributed by atoms with Crippen molar-refractivity contribution in [1.29, 1.82) is 0 Å². The molecule has 4 rings (SSSR count). The summed E-state index contributed by atoms with van der Waals surface area (Å²) in [5, 5.41) is 3.07. The number of hydrogen-bond acceptors (Lipinski definition) is 6. The topological polar surface area (TPSA) is 87.7 Å². The predicted molar refractivity (Wildman–Crippen MR) is 114 cm³/mol. The van der Waals surface area contributed by atoms with Gasteiger partial charge >= 0.3 is 12.0 Å². The summed E-state index contributed by atoms with van der Waals surface area (Å²) in [7, 11) is 0. The molecule has 1 unspecified atom stereocenters. The zero-order valence-corrected chi connectivity index (χ0v) is 17.4. The second-order valence-electron chi connectivity index (χ2n) is 7.79. The number of carbonyl (C=O) groups excluding carboxylic acids is 2. The maximum Gasteiger partial charge on any atom is 0.357 e. The molecule has 2 aliphatic heterocycles. The molecule has 30 heavy (non-hydrogen) atoms. The lowest BCUT2D eigenvalue weighted by Gasteiger charge is -2.42. The van der Waals surface area contributed by atoms with E-state index < -0.39 is 5.97 Å². The van der Waals surface area contributed by atoms with Crippen LogP contribution in [0.5, 0.6) is 0 Å². The first-order valence-electron chi connectivity index (χ1n) is 10.5. The first kappa shape index (κ1) is 20.1. The van der Waals surface area contributed by atoms with Gasteiger partial charge in [-0.1, -0.05) is 25.1 Å². The van der Waals surface area contributed by atoms with Crippen LogP contribution in [0.25, 0.3) is 0 Å². The Balaban J connectivity index is 1.44. The van der Waals surface area contributed by atoms with Crippen molar-refractivity contribution in [2.24, 2.45) is 5.92 Å². The van der Waals surface area contributed by atoms with Crippen molar-refractivity contribution in [1.82, 2.24) is 14.9 Å². The second kappa shape index (κ2) is 8.69. The van der Waals surface area contributed by atoms with E-state index in [2.05, 4.69) is 33.2 Å². The minimum Gasteiger partial charge on any atom is -0.461 e. The van der Waals surface area contributed by atoms with E-state index in [0.29, 0.717) is 19.0 Å². The Morgan fingerprint density at radius 1 is 1.27 bits per heavy atom. The summed E-state index contributed by atoms with van der Waals surface area (Å²) in [6.07, 6.45) is 3.08. The zero-order valence-electron chi connectivity index (χ0n) is 17.4. The molecule has 1 aromatic carbocycles. The molecule has 2 amide bonds. The van der Waals surface area contributed by atoms with Gasteiger partial charge in [-0.15, -0.1) is 0 Å². The number of piperidine rings is 1. The smallest absolute Gasteiger partial charge is 0.357 e. The van der Waals surface area contributed by atoms with Gasteiger partial charge in [-0.05, 0) is 37.3 Å². The number of fused-ring (bicyclic) bond motifs is 1. The number of carbonyl (C=O) groups is 2. The normalized spacial score (nSPS) is 21.5. The Kier molecular flexibility index (Phi) is 5.83. The quantitative estimate of drug-likeness (QED) is 0.781. The largest absolute Gasteiger partial charge is 0.461 e. The van der Waals surface area contributed by atoms with Crippen LogP contribution >= 0.6 is 0 Å². The van der Waals surface area contributed by atoms with Crippen LogP contribution in [-0.4, -0.2) is 59.2 Å². The number of benzene rings is 1. The van der Waals surface area contributed by atoms with Gasteiger partial charge in [0.2, 0.25) is 0 Å². The van der Waals surface area contributed by atoms with E-state index >= 15 is 0 Å². The highest BCUT2D eigenvalue weighted by atomic mass is 16.5. The number of hydrogen-bond donors (Lipinski definition) is 1. The number of ether oxygens (including phenoxy) is 1. The van der Waals surface area contributed by atoms with Gasteiger partial charge in [0, 0.05) is 37.4 Å². The van der Waals surface area contributed by atoms with Gasteiger partial charge < -0.3 is 19.9 Å². The lowest BCUT2D eigenvalue weighted by molar-refractivity contribution is 0.0519. The van der Waals surface area contributed by atoms with Crippen LogP contribution < -0.4 is 10.2 Å². The number of aromatic nitrogens is 2. The molecule has 0 aliphatic carbocycles. The molecule has 3 heterocycles. The number of amides is 2. The Morgan fingerprint density at radius 2 is 2.10 bits per heavy atom. The molecule has 2 aromatic rings. The maximum atomic E-state index is 12.9. The molecule has 1 aromatic heterocycles. The average Bonchev–Trinajstić information content (AvgIpc) is 2.92. The van der Waals surface area contributed by atoms with Gasteiger partial charge in [-0.25, -0.2) is 19.6 Å². The minimum atomic E-state index is -0.440. The standard InChI is InChI=1S/C22H27N5O3/c1-3-30-21(28)18-12-20(24-14-23-18)26-10-9-19(15(2)13-26)27-11-8-16-6-4-5-7-17(16)25-22(27)29/h4-7,12,14-15,19H,3,8-11,13H2,1-2H3,(H,25,29)/t15-,19?/m1/s1. The Labute approximate surface area is 176 Å². The van der Waals surface area contributed by atoms with Crippen molar-refractivity contribution in [2.75, 3.05) is 36.5 Å². The van der Waals surface area contributed by atoms with Crippen molar-refractivity contribution in [2.45, 2.75) is 32.7 Å². The SMILES string of the molecule is CCOC(=O)c1cc(N2CCC(N3CCc4ccccc4NC3=O)[C@H](C)C2)ncn1. The van der Waals surface area contributed by atoms with Crippen LogP contribution in [-0.2, 0) is 11.2 Å². The van der Waals surface area contributed by atoms with Gasteiger partial charge in [0.25, 0.3) is 0 Å². The number of nitrogens with zero attached hydrogens (tertiary/aromatic N) is 4. The highest BCUT2D eigenvalue weighted by Gasteiger charge is 2.35. The van der Waals surface area contributed by atoms with Gasteiger partial charge in [0.15, 0.2) is 5.69 Å². The first-order valence-corrected chi connectivity index (χ1v) is 10.5. The van der Waals surface area contributed by atoms with Gasteiger partial charge in [0.05, 0.1) is 6.61 Å². The van der Waals surface area contributed by atoms with Gasteiger partial charge in [0.1, 0.15) is 12.1 Å². The van der Waals surface area contributed by atoms with Gasteiger partial charge in [-0.2, -0.15) is 0 Å². The van der Waals surface area contributed by atoms with Crippen molar-refractivity contribution < 1.29 is 14.3 Å². The van der Waals surface area contributed by atoms with Crippen molar-refractivity contribution in [3.05, 3.63) is 47.9 Å². The lowest BCUT2D eigenvalue weighted by atomic mass is 9.92. The summed E-state index contributed by atoms with van der Waals surface area (Å²) in [6, 6.07) is 9.79. The molecule has 8 heteroatoms. The van der Waals surface area contributed by atoms with E-state index in [1.54, 1.807) is 13.0 Å². The van der Waals surface area contributed by atoms with Crippen molar-refractivity contribution >= 4 is 23.5 Å². The fraction of sp³-hybridized carbons (Fsp3) is 0.455. The number of anilines is 2.